The number of carboxylic acids is 1. The molecule has 1 heterocycles. The van der Waals surface area contributed by atoms with Gasteiger partial charge in [0.15, 0.2) is 5.69 Å². The number of aromatic amines is 1. The van der Waals surface area contributed by atoms with Crippen LogP contribution in [0.25, 0.3) is 10.9 Å². The van der Waals surface area contributed by atoms with Gasteiger partial charge in [-0.3, -0.25) is 5.10 Å². The van der Waals surface area contributed by atoms with Crippen molar-refractivity contribution in [2.24, 2.45) is 0 Å². The van der Waals surface area contributed by atoms with E-state index in [0.717, 1.165) is 0 Å². The van der Waals surface area contributed by atoms with Gasteiger partial charge in [0, 0.05) is 5.39 Å². The number of fused-ring (bicyclic) bond motifs is 1. The molecule has 0 amide bonds. The zero-order valence-corrected chi connectivity index (χ0v) is 7.44. The highest BCUT2D eigenvalue weighted by atomic mass is 16.5. The average Bonchev–Trinajstić information content (AvgIpc) is 2.60. The van der Waals surface area contributed by atoms with Gasteiger partial charge < -0.3 is 9.84 Å². The molecule has 0 saturated heterocycles. The Morgan fingerprint density at radius 2 is 2.36 bits per heavy atom. The number of methoxy groups -OCH3 is 1. The summed E-state index contributed by atoms with van der Waals surface area (Å²) in [6.07, 6.45) is 0. The van der Waals surface area contributed by atoms with E-state index in [1.54, 1.807) is 18.2 Å². The molecule has 0 saturated carbocycles. The molecule has 5 nitrogen and oxygen atoms in total. The van der Waals surface area contributed by atoms with Crippen molar-refractivity contribution in [3.8, 4) is 5.75 Å². The quantitative estimate of drug-likeness (QED) is 0.751. The number of hydrogen-bond donors (Lipinski definition) is 2. The van der Waals surface area contributed by atoms with Gasteiger partial charge in [-0.2, -0.15) is 5.10 Å². The van der Waals surface area contributed by atoms with Gasteiger partial charge in [0.1, 0.15) is 11.3 Å². The van der Waals surface area contributed by atoms with Gasteiger partial charge >= 0.3 is 5.97 Å². The first kappa shape index (κ1) is 8.55. The third kappa shape index (κ3) is 1.10. The highest BCUT2D eigenvalue weighted by molar-refractivity contribution is 6.02. The predicted molar refractivity (Wildman–Crippen MR) is 49.6 cm³/mol. The predicted octanol–water partition coefficient (Wildman–Crippen LogP) is 1.27. The van der Waals surface area contributed by atoms with Crippen molar-refractivity contribution >= 4 is 16.9 Å². The number of carboxylic acid groups (broad SMARTS) is 1. The Labute approximate surface area is 79.3 Å². The van der Waals surface area contributed by atoms with E-state index in [-0.39, 0.29) is 5.69 Å². The van der Waals surface area contributed by atoms with Crippen LogP contribution in [0.3, 0.4) is 0 Å². The molecule has 0 fully saturated rings. The minimum atomic E-state index is -1.05. The van der Waals surface area contributed by atoms with E-state index in [2.05, 4.69) is 10.2 Å². The van der Waals surface area contributed by atoms with E-state index in [1.165, 1.54) is 7.11 Å². The summed E-state index contributed by atoms with van der Waals surface area (Å²) in [4.78, 5) is 10.8. The molecule has 2 aromatic rings. The van der Waals surface area contributed by atoms with Crippen LogP contribution in [-0.2, 0) is 0 Å². The van der Waals surface area contributed by atoms with Crippen LogP contribution in [0, 0.1) is 0 Å². The van der Waals surface area contributed by atoms with Gasteiger partial charge in [0.05, 0.1) is 7.11 Å². The summed E-state index contributed by atoms with van der Waals surface area (Å²) >= 11 is 0. The summed E-state index contributed by atoms with van der Waals surface area (Å²) in [5.74, 6) is -0.466. The van der Waals surface area contributed by atoms with Crippen molar-refractivity contribution in [3.05, 3.63) is 23.9 Å². The molecular formula is C9H8N2O3. The summed E-state index contributed by atoms with van der Waals surface area (Å²) in [5.41, 5.74) is 0.617. The van der Waals surface area contributed by atoms with Crippen LogP contribution < -0.4 is 4.74 Å². The lowest BCUT2D eigenvalue weighted by molar-refractivity contribution is 0.0692. The average molecular weight is 192 g/mol. The van der Waals surface area contributed by atoms with Crippen LogP contribution >= 0.6 is 0 Å². The number of benzene rings is 1. The van der Waals surface area contributed by atoms with Crippen molar-refractivity contribution in [1.29, 1.82) is 0 Å². The lowest BCUT2D eigenvalue weighted by atomic mass is 10.2. The maximum absolute atomic E-state index is 10.8. The molecule has 0 bridgehead atoms. The van der Waals surface area contributed by atoms with E-state index in [4.69, 9.17) is 9.84 Å². The van der Waals surface area contributed by atoms with Gasteiger partial charge in [0.25, 0.3) is 0 Å². The summed E-state index contributed by atoms with van der Waals surface area (Å²) in [7, 11) is 1.52. The Balaban J connectivity index is 2.75. The fourth-order valence-electron chi connectivity index (χ4n) is 1.35. The molecule has 1 aromatic heterocycles. The van der Waals surface area contributed by atoms with Gasteiger partial charge in [-0.25, -0.2) is 4.79 Å². The van der Waals surface area contributed by atoms with Crippen LogP contribution in [0.2, 0.25) is 0 Å². The van der Waals surface area contributed by atoms with Gasteiger partial charge in [-0.15, -0.1) is 0 Å². The Bertz CT molecular complexity index is 490. The lowest BCUT2D eigenvalue weighted by Gasteiger charge is -1.99. The third-order valence-corrected chi connectivity index (χ3v) is 1.98. The molecule has 72 valence electrons. The fourth-order valence-corrected chi connectivity index (χ4v) is 1.35. The Morgan fingerprint density at radius 3 is 3.00 bits per heavy atom. The van der Waals surface area contributed by atoms with Gasteiger partial charge in [-0.1, -0.05) is 12.1 Å². The zero-order valence-electron chi connectivity index (χ0n) is 7.44. The zero-order chi connectivity index (χ0) is 10.1. The van der Waals surface area contributed by atoms with E-state index >= 15 is 0 Å². The monoisotopic (exact) mass is 192 g/mol. The molecule has 5 heteroatoms. The minimum Gasteiger partial charge on any atom is -0.494 e. The molecule has 0 radical (unpaired) electrons. The number of H-pyrrole nitrogens is 1. The number of para-hydroxylation sites is 1. The molecule has 0 aliphatic carbocycles. The number of hydrogen-bond acceptors (Lipinski definition) is 3. The molecule has 2 rings (SSSR count). The topological polar surface area (TPSA) is 75.2 Å². The first-order chi connectivity index (χ1) is 6.74. The van der Waals surface area contributed by atoms with E-state index in [1.807, 2.05) is 0 Å². The standard InChI is InChI=1S/C9H8N2O3/c1-14-6-4-2-3-5-7(6)10-11-8(5)9(12)13/h2-4H,1H3,(H,10,11)(H,12,13). The first-order valence-electron chi connectivity index (χ1n) is 3.98. The van der Waals surface area contributed by atoms with Crippen molar-refractivity contribution in [3.63, 3.8) is 0 Å². The van der Waals surface area contributed by atoms with E-state index < -0.39 is 5.97 Å². The van der Waals surface area contributed by atoms with E-state index in [9.17, 15) is 4.79 Å². The second-order valence-corrected chi connectivity index (χ2v) is 2.76. The Kier molecular flexibility index (Phi) is 1.85. The molecule has 0 aliphatic rings. The number of rotatable bonds is 2. The van der Waals surface area contributed by atoms with Crippen molar-refractivity contribution in [2.75, 3.05) is 7.11 Å². The molecule has 2 N–H and O–H groups in total. The second-order valence-electron chi connectivity index (χ2n) is 2.76. The summed E-state index contributed by atoms with van der Waals surface area (Å²) < 4.78 is 5.06. The summed E-state index contributed by atoms with van der Waals surface area (Å²) in [5, 5.41) is 15.7. The maximum Gasteiger partial charge on any atom is 0.357 e. The molecular weight excluding hydrogens is 184 g/mol. The molecule has 0 atom stereocenters. The molecule has 0 unspecified atom stereocenters. The van der Waals surface area contributed by atoms with Crippen molar-refractivity contribution in [2.45, 2.75) is 0 Å². The Morgan fingerprint density at radius 1 is 1.57 bits per heavy atom. The number of aromatic carboxylic acids is 1. The number of nitrogens with zero attached hydrogens (tertiary/aromatic N) is 1. The molecule has 14 heavy (non-hydrogen) atoms. The Hall–Kier alpha value is -2.04. The SMILES string of the molecule is COc1cccc2c(C(=O)O)n[nH]c12. The lowest BCUT2D eigenvalue weighted by Crippen LogP contribution is -1.96. The number of aromatic nitrogens is 2. The van der Waals surface area contributed by atoms with Crippen molar-refractivity contribution < 1.29 is 14.6 Å². The molecule has 0 spiro atoms. The fraction of sp³-hybridized carbons (Fsp3) is 0.111. The summed E-state index contributed by atoms with van der Waals surface area (Å²) in [6.45, 7) is 0. The van der Waals surface area contributed by atoms with Crippen LogP contribution in [0.15, 0.2) is 18.2 Å². The number of ether oxygens (including phenoxy) is 1. The number of carbonyl (C=O) groups is 1. The van der Waals surface area contributed by atoms with Gasteiger partial charge in [0.2, 0.25) is 0 Å². The van der Waals surface area contributed by atoms with Crippen LogP contribution in [0.5, 0.6) is 5.75 Å². The smallest absolute Gasteiger partial charge is 0.357 e. The minimum absolute atomic E-state index is 0.0129. The van der Waals surface area contributed by atoms with Gasteiger partial charge in [-0.05, 0) is 6.07 Å². The van der Waals surface area contributed by atoms with Crippen LogP contribution in [-0.4, -0.2) is 28.4 Å². The number of nitrogens with one attached hydrogen (secondary N) is 1. The molecule has 1 aromatic carbocycles. The molecule has 0 aliphatic heterocycles. The second kappa shape index (κ2) is 3.02. The summed E-state index contributed by atoms with van der Waals surface area (Å²) in [6, 6.07) is 5.15. The highest BCUT2D eigenvalue weighted by Crippen LogP contribution is 2.25. The van der Waals surface area contributed by atoms with Crippen LogP contribution in [0.4, 0.5) is 0 Å². The van der Waals surface area contributed by atoms with E-state index in [0.29, 0.717) is 16.7 Å². The normalized spacial score (nSPS) is 10.4. The highest BCUT2D eigenvalue weighted by Gasteiger charge is 2.14. The van der Waals surface area contributed by atoms with Crippen LogP contribution in [0.1, 0.15) is 10.5 Å². The third-order valence-electron chi connectivity index (χ3n) is 1.98. The maximum atomic E-state index is 10.8. The van der Waals surface area contributed by atoms with Crippen molar-refractivity contribution in [1.82, 2.24) is 10.2 Å². The largest absolute Gasteiger partial charge is 0.494 e. The first-order valence-corrected chi connectivity index (χ1v) is 3.98.